The molecule has 4 aromatic rings. The highest BCUT2D eigenvalue weighted by molar-refractivity contribution is 5.83. The minimum Gasteiger partial charge on any atom is -0.264 e. The third-order valence-corrected chi connectivity index (χ3v) is 4.18. The molecule has 5 heterocycles. The Labute approximate surface area is 114 Å². The van der Waals surface area contributed by atoms with Crippen LogP contribution in [0.4, 0.5) is 0 Å². The van der Waals surface area contributed by atoms with Crippen molar-refractivity contribution < 1.29 is 4.57 Å². The molecule has 4 aromatic heterocycles. The highest BCUT2D eigenvalue weighted by Crippen LogP contribution is 2.33. The van der Waals surface area contributed by atoms with Crippen molar-refractivity contribution in [1.29, 1.82) is 0 Å². The average molecular weight is 262 g/mol. The summed E-state index contributed by atoms with van der Waals surface area (Å²) in [5.74, 6) is 1.25. The number of rotatable bonds is 0. The maximum absolute atomic E-state index is 4.23. The van der Waals surface area contributed by atoms with Crippen LogP contribution in [-0.4, -0.2) is 18.9 Å². The van der Waals surface area contributed by atoms with Crippen molar-refractivity contribution in [2.45, 2.75) is 6.54 Å². The van der Waals surface area contributed by atoms with E-state index in [0.717, 1.165) is 12.1 Å². The molecule has 0 fully saturated rings. The lowest BCUT2D eigenvalue weighted by Crippen LogP contribution is -2.30. The normalized spacial score (nSPS) is 13.1. The van der Waals surface area contributed by atoms with Gasteiger partial charge < -0.3 is 0 Å². The van der Waals surface area contributed by atoms with Crippen LogP contribution in [0.25, 0.3) is 28.1 Å². The summed E-state index contributed by atoms with van der Waals surface area (Å²) in [6.45, 7) is 0.889. The highest BCUT2D eigenvalue weighted by Gasteiger charge is 2.32. The summed E-state index contributed by atoms with van der Waals surface area (Å²) in [5.41, 5.74) is 6.14. The van der Waals surface area contributed by atoms with Crippen molar-refractivity contribution >= 4 is 16.7 Å². The van der Waals surface area contributed by atoms with Crippen LogP contribution in [0.1, 0.15) is 5.56 Å². The van der Waals surface area contributed by atoms with Gasteiger partial charge in [0.05, 0.1) is 37.7 Å². The Morgan fingerprint density at radius 3 is 3.05 bits per heavy atom. The average Bonchev–Trinajstić information content (AvgIpc) is 3.10. The zero-order chi connectivity index (χ0) is 13.3. The van der Waals surface area contributed by atoms with Crippen LogP contribution >= 0.6 is 0 Å². The number of nitrogens with zero attached hydrogens (tertiary/aromatic N) is 5. The molecule has 0 N–H and O–H groups in total. The van der Waals surface area contributed by atoms with Gasteiger partial charge in [0.1, 0.15) is 5.52 Å². The first-order valence-corrected chi connectivity index (χ1v) is 6.61. The second-order valence-corrected chi connectivity index (χ2v) is 5.23. The van der Waals surface area contributed by atoms with Gasteiger partial charge in [0, 0.05) is 24.0 Å². The summed E-state index contributed by atoms with van der Waals surface area (Å²) in [6.07, 6.45) is 9.57. The minimum atomic E-state index is 0.889. The van der Waals surface area contributed by atoms with E-state index in [0.29, 0.717) is 0 Å². The van der Waals surface area contributed by atoms with Crippen molar-refractivity contribution in [1.82, 2.24) is 18.9 Å². The predicted octanol–water partition coefficient (Wildman–Crippen LogP) is 1.54. The lowest BCUT2D eigenvalue weighted by atomic mass is 10.2. The monoisotopic (exact) mass is 262 g/mol. The van der Waals surface area contributed by atoms with Crippen LogP contribution in [0.15, 0.2) is 43.1 Å². The summed E-state index contributed by atoms with van der Waals surface area (Å²) >= 11 is 0. The molecule has 1 aliphatic rings. The quantitative estimate of drug-likeness (QED) is 0.397. The summed E-state index contributed by atoms with van der Waals surface area (Å²) < 4.78 is 6.80. The molecule has 5 nitrogen and oxygen atoms in total. The third kappa shape index (κ3) is 1.02. The van der Waals surface area contributed by atoms with Gasteiger partial charge in [-0.3, -0.25) is 9.97 Å². The largest absolute Gasteiger partial charge is 0.273 e. The highest BCUT2D eigenvalue weighted by atomic mass is 15.2. The van der Waals surface area contributed by atoms with Crippen molar-refractivity contribution in [2.75, 3.05) is 0 Å². The Kier molecular flexibility index (Phi) is 1.65. The Hall–Kier alpha value is -2.69. The Bertz CT molecular complexity index is 992. The molecule has 96 valence electrons. The molecule has 0 unspecified atom stereocenters. The number of aryl methyl sites for hydroxylation is 1. The topological polar surface area (TPSA) is 39.0 Å². The standard InChI is InChI=1S/C15H12N5/c1-18-14-12-2-3-16-7-10(12)9-20(14)13-6-11-8-17-4-5-19(11)15(13)18/h2-8H,9H2,1H3/q+1. The van der Waals surface area contributed by atoms with Crippen molar-refractivity contribution in [2.24, 2.45) is 7.05 Å². The van der Waals surface area contributed by atoms with Crippen LogP contribution < -0.4 is 4.57 Å². The Morgan fingerprint density at radius 2 is 2.10 bits per heavy atom. The van der Waals surface area contributed by atoms with Gasteiger partial charge in [-0.2, -0.15) is 0 Å². The molecule has 5 heteroatoms. The molecule has 1 aliphatic heterocycles. The van der Waals surface area contributed by atoms with E-state index >= 15 is 0 Å². The van der Waals surface area contributed by atoms with Crippen LogP contribution in [0.2, 0.25) is 0 Å². The molecule has 0 saturated carbocycles. The molecule has 0 aromatic carbocycles. The molecule has 20 heavy (non-hydrogen) atoms. The number of pyridine rings is 1. The number of imidazole rings is 1. The summed E-state index contributed by atoms with van der Waals surface area (Å²) in [7, 11) is 2.12. The van der Waals surface area contributed by atoms with E-state index in [2.05, 4.69) is 42.7 Å². The summed E-state index contributed by atoms with van der Waals surface area (Å²) in [5, 5.41) is 0. The fraction of sp³-hybridized carbons (Fsp3) is 0.133. The van der Waals surface area contributed by atoms with E-state index in [1.165, 1.54) is 28.1 Å². The Balaban J connectivity index is 1.98. The van der Waals surface area contributed by atoms with Gasteiger partial charge >= 0.3 is 0 Å². The van der Waals surface area contributed by atoms with Gasteiger partial charge in [-0.25, -0.2) is 13.5 Å². The molecule has 0 saturated heterocycles. The number of aromatic nitrogens is 5. The van der Waals surface area contributed by atoms with Gasteiger partial charge in [0.2, 0.25) is 5.82 Å². The van der Waals surface area contributed by atoms with E-state index < -0.39 is 0 Å². The SMILES string of the molecule is C[n+]1c2n(c3cc4cnccn4c31)Cc1cnccc1-2. The molecule has 5 rings (SSSR count). The minimum absolute atomic E-state index is 0.889. The van der Waals surface area contributed by atoms with Gasteiger partial charge in [-0.15, -0.1) is 0 Å². The van der Waals surface area contributed by atoms with Crippen molar-refractivity contribution in [3.05, 3.63) is 48.7 Å². The maximum Gasteiger partial charge on any atom is 0.273 e. The van der Waals surface area contributed by atoms with Gasteiger partial charge in [0.15, 0.2) is 5.52 Å². The third-order valence-electron chi connectivity index (χ3n) is 4.18. The van der Waals surface area contributed by atoms with E-state index in [1.54, 1.807) is 0 Å². The smallest absolute Gasteiger partial charge is 0.264 e. The lowest BCUT2D eigenvalue weighted by Gasteiger charge is -1.97. The lowest BCUT2D eigenvalue weighted by molar-refractivity contribution is -0.636. The van der Waals surface area contributed by atoms with E-state index in [9.17, 15) is 0 Å². The zero-order valence-electron chi connectivity index (χ0n) is 11.0. The fourth-order valence-corrected chi connectivity index (χ4v) is 3.36. The first-order valence-electron chi connectivity index (χ1n) is 6.61. The summed E-state index contributed by atoms with van der Waals surface area (Å²) in [4.78, 5) is 8.43. The molecule has 0 radical (unpaired) electrons. The molecule has 0 atom stereocenters. The molecule has 0 amide bonds. The van der Waals surface area contributed by atoms with Gasteiger partial charge in [-0.05, 0) is 6.07 Å². The molecule has 0 spiro atoms. The number of hydrogen-bond acceptors (Lipinski definition) is 2. The number of hydrogen-bond donors (Lipinski definition) is 0. The van der Waals surface area contributed by atoms with Crippen molar-refractivity contribution in [3.8, 4) is 11.4 Å². The van der Waals surface area contributed by atoms with E-state index in [-0.39, 0.29) is 0 Å². The van der Waals surface area contributed by atoms with Crippen LogP contribution in [0, 0.1) is 0 Å². The van der Waals surface area contributed by atoms with Gasteiger partial charge in [-0.1, -0.05) is 0 Å². The Morgan fingerprint density at radius 1 is 1.20 bits per heavy atom. The second kappa shape index (κ2) is 3.25. The van der Waals surface area contributed by atoms with Crippen molar-refractivity contribution in [3.63, 3.8) is 0 Å². The van der Waals surface area contributed by atoms with Gasteiger partial charge in [0.25, 0.3) is 5.65 Å². The first-order chi connectivity index (χ1) is 9.84. The molecular formula is C15H12N5+. The maximum atomic E-state index is 4.23. The van der Waals surface area contributed by atoms with Crippen LogP contribution in [0.5, 0.6) is 0 Å². The number of fused-ring (bicyclic) bond motifs is 7. The van der Waals surface area contributed by atoms with E-state index in [1.807, 2.05) is 31.0 Å². The first kappa shape index (κ1) is 10.1. The molecule has 0 aliphatic carbocycles. The summed E-state index contributed by atoms with van der Waals surface area (Å²) in [6, 6.07) is 4.30. The van der Waals surface area contributed by atoms with Crippen LogP contribution in [0.3, 0.4) is 0 Å². The van der Waals surface area contributed by atoms with Crippen LogP contribution in [-0.2, 0) is 13.6 Å². The van der Waals surface area contributed by atoms with E-state index in [4.69, 9.17) is 0 Å². The fourth-order valence-electron chi connectivity index (χ4n) is 3.36. The molecule has 0 bridgehead atoms. The zero-order valence-corrected chi connectivity index (χ0v) is 11.0. The predicted molar refractivity (Wildman–Crippen MR) is 74.2 cm³/mol. The second-order valence-electron chi connectivity index (χ2n) is 5.23. The molecular weight excluding hydrogens is 250 g/mol.